The molecule has 1 aromatic carbocycles. The predicted octanol–water partition coefficient (Wildman–Crippen LogP) is 1.49. The minimum atomic E-state index is -1.11. The fourth-order valence-electron chi connectivity index (χ4n) is 1.51. The van der Waals surface area contributed by atoms with Crippen molar-refractivity contribution in [1.29, 1.82) is 0 Å². The number of aromatic amines is 1. The normalized spacial score (nSPS) is 10.2. The molecule has 2 aromatic rings. The Bertz CT molecular complexity index is 562. The maximum absolute atomic E-state index is 10.7. The number of carboxylic acids is 1. The van der Waals surface area contributed by atoms with Gasteiger partial charge in [-0.15, -0.1) is 0 Å². The number of aromatic hydroxyl groups is 1. The van der Waals surface area contributed by atoms with Crippen molar-refractivity contribution >= 4 is 5.97 Å². The van der Waals surface area contributed by atoms with Crippen LogP contribution in [0.15, 0.2) is 24.3 Å². The SMILES string of the molecule is COc1cccc(O)c1-c1cc(C(=O)O)[nH]n1. The number of methoxy groups -OCH3 is 1. The summed E-state index contributed by atoms with van der Waals surface area (Å²) in [6.45, 7) is 0. The van der Waals surface area contributed by atoms with Gasteiger partial charge in [-0.2, -0.15) is 5.10 Å². The molecule has 0 bridgehead atoms. The number of nitrogens with one attached hydrogen (secondary N) is 1. The van der Waals surface area contributed by atoms with Gasteiger partial charge >= 0.3 is 5.97 Å². The number of ether oxygens (including phenoxy) is 1. The van der Waals surface area contributed by atoms with Gasteiger partial charge in [0.1, 0.15) is 22.9 Å². The molecule has 0 spiro atoms. The zero-order valence-electron chi connectivity index (χ0n) is 8.97. The highest BCUT2D eigenvalue weighted by molar-refractivity contribution is 5.87. The van der Waals surface area contributed by atoms with E-state index in [9.17, 15) is 9.90 Å². The number of nitrogens with zero attached hydrogens (tertiary/aromatic N) is 1. The second-order valence-corrected chi connectivity index (χ2v) is 3.33. The molecule has 6 nitrogen and oxygen atoms in total. The van der Waals surface area contributed by atoms with Crippen molar-refractivity contribution in [3.05, 3.63) is 30.0 Å². The molecule has 0 saturated carbocycles. The van der Waals surface area contributed by atoms with Crippen LogP contribution >= 0.6 is 0 Å². The van der Waals surface area contributed by atoms with E-state index in [1.165, 1.54) is 19.2 Å². The second-order valence-electron chi connectivity index (χ2n) is 3.33. The molecule has 1 heterocycles. The van der Waals surface area contributed by atoms with E-state index in [1.54, 1.807) is 12.1 Å². The van der Waals surface area contributed by atoms with Gasteiger partial charge < -0.3 is 14.9 Å². The Morgan fingerprint density at radius 3 is 2.82 bits per heavy atom. The van der Waals surface area contributed by atoms with Crippen molar-refractivity contribution in [3.8, 4) is 22.8 Å². The maximum atomic E-state index is 10.7. The Morgan fingerprint density at radius 2 is 2.24 bits per heavy atom. The van der Waals surface area contributed by atoms with Gasteiger partial charge in [-0.3, -0.25) is 5.10 Å². The third kappa shape index (κ3) is 1.92. The van der Waals surface area contributed by atoms with E-state index >= 15 is 0 Å². The number of hydrogen-bond acceptors (Lipinski definition) is 4. The third-order valence-electron chi connectivity index (χ3n) is 2.29. The molecular formula is C11H10N2O4. The van der Waals surface area contributed by atoms with Crippen molar-refractivity contribution < 1.29 is 19.7 Å². The first-order valence-electron chi connectivity index (χ1n) is 4.78. The molecule has 1 aromatic heterocycles. The van der Waals surface area contributed by atoms with Crippen LogP contribution < -0.4 is 4.74 Å². The summed E-state index contributed by atoms with van der Waals surface area (Å²) in [5.41, 5.74) is 0.626. The van der Waals surface area contributed by atoms with Crippen LogP contribution in [0, 0.1) is 0 Å². The van der Waals surface area contributed by atoms with Gasteiger partial charge in [0.25, 0.3) is 0 Å². The average molecular weight is 234 g/mol. The summed E-state index contributed by atoms with van der Waals surface area (Å²) in [6.07, 6.45) is 0. The molecule has 0 unspecified atom stereocenters. The van der Waals surface area contributed by atoms with E-state index < -0.39 is 5.97 Å². The van der Waals surface area contributed by atoms with Crippen LogP contribution in [0.25, 0.3) is 11.3 Å². The standard InChI is InChI=1S/C11H10N2O4/c1-17-9-4-2-3-8(14)10(9)6-5-7(11(15)16)13-12-6/h2-5,14H,1H3,(H,12,13)(H,15,16). The lowest BCUT2D eigenvalue weighted by Crippen LogP contribution is -1.95. The number of phenolic OH excluding ortho intramolecular Hbond substituents is 1. The number of rotatable bonds is 3. The van der Waals surface area contributed by atoms with Crippen molar-refractivity contribution in [1.82, 2.24) is 10.2 Å². The molecule has 0 amide bonds. The summed E-state index contributed by atoms with van der Waals surface area (Å²) >= 11 is 0. The van der Waals surface area contributed by atoms with Gasteiger partial charge in [0, 0.05) is 0 Å². The zero-order chi connectivity index (χ0) is 12.4. The highest BCUT2D eigenvalue weighted by Crippen LogP contribution is 2.36. The van der Waals surface area contributed by atoms with Crippen molar-refractivity contribution in [3.63, 3.8) is 0 Å². The smallest absolute Gasteiger partial charge is 0.353 e. The van der Waals surface area contributed by atoms with Gasteiger partial charge in [-0.1, -0.05) is 6.07 Å². The van der Waals surface area contributed by atoms with Gasteiger partial charge in [0.05, 0.1) is 12.7 Å². The van der Waals surface area contributed by atoms with Gasteiger partial charge in [-0.25, -0.2) is 4.79 Å². The number of aromatic carboxylic acids is 1. The van der Waals surface area contributed by atoms with E-state index in [4.69, 9.17) is 9.84 Å². The van der Waals surface area contributed by atoms with Crippen LogP contribution in [0.2, 0.25) is 0 Å². The lowest BCUT2D eigenvalue weighted by Gasteiger charge is -2.07. The van der Waals surface area contributed by atoms with Crippen LogP contribution in [-0.2, 0) is 0 Å². The van der Waals surface area contributed by atoms with E-state index in [-0.39, 0.29) is 11.4 Å². The summed E-state index contributed by atoms with van der Waals surface area (Å²) in [6, 6.07) is 6.10. The first kappa shape index (κ1) is 11.0. The number of phenols is 1. The van der Waals surface area contributed by atoms with Crippen molar-refractivity contribution in [2.75, 3.05) is 7.11 Å². The van der Waals surface area contributed by atoms with Crippen molar-refractivity contribution in [2.45, 2.75) is 0 Å². The monoisotopic (exact) mass is 234 g/mol. The summed E-state index contributed by atoms with van der Waals surface area (Å²) in [4.78, 5) is 10.7. The topological polar surface area (TPSA) is 95.4 Å². The average Bonchev–Trinajstić information content (AvgIpc) is 2.77. The number of benzene rings is 1. The summed E-state index contributed by atoms with van der Waals surface area (Å²) in [5, 5.41) is 24.7. The quantitative estimate of drug-likeness (QED) is 0.747. The van der Waals surface area contributed by atoms with Crippen molar-refractivity contribution in [2.24, 2.45) is 0 Å². The number of carbonyl (C=O) groups is 1. The van der Waals surface area contributed by atoms with E-state index in [2.05, 4.69) is 10.2 Å². The first-order valence-corrected chi connectivity index (χ1v) is 4.78. The van der Waals surface area contributed by atoms with Gasteiger partial charge in [0.2, 0.25) is 0 Å². The zero-order valence-corrected chi connectivity index (χ0v) is 8.97. The molecule has 88 valence electrons. The molecule has 0 aliphatic carbocycles. The molecular weight excluding hydrogens is 224 g/mol. The Morgan fingerprint density at radius 1 is 1.47 bits per heavy atom. The minimum absolute atomic E-state index is 0.0206. The van der Waals surface area contributed by atoms with Gasteiger partial charge in [0.15, 0.2) is 0 Å². The molecule has 0 radical (unpaired) electrons. The molecule has 6 heteroatoms. The van der Waals surface area contributed by atoms with Gasteiger partial charge in [-0.05, 0) is 18.2 Å². The molecule has 0 fully saturated rings. The summed E-state index contributed by atoms with van der Waals surface area (Å²) in [5.74, 6) is -0.709. The number of H-pyrrole nitrogens is 1. The summed E-state index contributed by atoms with van der Waals surface area (Å²) < 4.78 is 5.09. The Balaban J connectivity index is 2.55. The Labute approximate surface area is 96.5 Å². The third-order valence-corrected chi connectivity index (χ3v) is 2.29. The van der Waals surface area contributed by atoms with Crippen LogP contribution in [0.5, 0.6) is 11.5 Å². The number of aromatic nitrogens is 2. The molecule has 2 rings (SSSR count). The lowest BCUT2D eigenvalue weighted by molar-refractivity contribution is 0.0690. The molecule has 0 saturated heterocycles. The van der Waals surface area contributed by atoms with Crippen LogP contribution in [0.3, 0.4) is 0 Å². The highest BCUT2D eigenvalue weighted by atomic mass is 16.5. The molecule has 0 aliphatic heterocycles. The van der Waals surface area contributed by atoms with E-state index in [1.807, 2.05) is 0 Å². The molecule has 3 N–H and O–H groups in total. The summed E-state index contributed by atoms with van der Waals surface area (Å²) in [7, 11) is 1.46. The molecule has 0 aliphatic rings. The second kappa shape index (κ2) is 4.17. The van der Waals surface area contributed by atoms with E-state index in [0.717, 1.165) is 0 Å². The molecule has 17 heavy (non-hydrogen) atoms. The van der Waals surface area contributed by atoms with Crippen LogP contribution in [-0.4, -0.2) is 33.5 Å². The Kier molecular flexibility index (Phi) is 2.70. The fourth-order valence-corrected chi connectivity index (χ4v) is 1.51. The predicted molar refractivity (Wildman–Crippen MR) is 59.2 cm³/mol. The number of carboxylic acid groups (broad SMARTS) is 1. The van der Waals surface area contributed by atoms with Crippen LogP contribution in [0.4, 0.5) is 0 Å². The minimum Gasteiger partial charge on any atom is -0.507 e. The highest BCUT2D eigenvalue weighted by Gasteiger charge is 2.16. The largest absolute Gasteiger partial charge is 0.507 e. The first-order chi connectivity index (χ1) is 8.13. The lowest BCUT2D eigenvalue weighted by atomic mass is 10.1. The Hall–Kier alpha value is -2.50. The maximum Gasteiger partial charge on any atom is 0.353 e. The molecule has 0 atom stereocenters. The fraction of sp³-hybridized carbons (Fsp3) is 0.0909. The van der Waals surface area contributed by atoms with E-state index in [0.29, 0.717) is 17.0 Å². The van der Waals surface area contributed by atoms with Crippen LogP contribution in [0.1, 0.15) is 10.5 Å². The number of hydrogen-bond donors (Lipinski definition) is 3.